The molecule has 48 heavy (non-hydrogen) atoms. The summed E-state index contributed by atoms with van der Waals surface area (Å²) in [4.78, 5) is 35.5. The maximum absolute atomic E-state index is 13.4. The van der Waals surface area contributed by atoms with E-state index in [4.69, 9.17) is 4.74 Å². The molecule has 0 saturated carbocycles. The molecule has 1 heterocycles. The number of benzene rings is 3. The number of sulfonamides is 1. The Kier molecular flexibility index (Phi) is 12.5. The highest BCUT2D eigenvalue weighted by Gasteiger charge is 2.27. The number of unbranched alkanes of at least 4 members (excludes halogenated alkanes) is 4. The zero-order valence-electron chi connectivity index (χ0n) is 28.5. The first-order valence-electron chi connectivity index (χ1n) is 16.4. The number of carbonyl (C=O) groups excluding carboxylic acids is 2. The Morgan fingerprint density at radius 3 is 2.06 bits per heavy atom. The van der Waals surface area contributed by atoms with E-state index in [-0.39, 0.29) is 11.8 Å². The molecule has 1 atom stereocenters. The number of nitrogens with one attached hydrogen (secondary N) is 2. The van der Waals surface area contributed by atoms with E-state index in [2.05, 4.69) is 22.2 Å². The molecule has 10 heteroatoms. The first-order chi connectivity index (χ1) is 22.8. The lowest BCUT2D eigenvalue weighted by Crippen LogP contribution is -2.49. The largest absolute Gasteiger partial charge is 0.494 e. The van der Waals surface area contributed by atoms with Crippen molar-refractivity contribution in [2.75, 3.05) is 12.9 Å². The Hall–Kier alpha value is -4.57. The number of hydrogen-bond acceptors (Lipinski definition) is 7. The number of hydrogen-bond donors (Lipinski definition) is 2. The second-order valence-corrected chi connectivity index (χ2v) is 14.8. The van der Waals surface area contributed by atoms with Crippen molar-refractivity contribution < 1.29 is 22.7 Å². The van der Waals surface area contributed by atoms with Crippen LogP contribution < -0.4 is 14.8 Å². The maximum atomic E-state index is 13.4. The molecule has 1 unspecified atom stereocenters. The van der Waals surface area contributed by atoms with E-state index in [1.807, 2.05) is 86.2 Å². The van der Waals surface area contributed by atoms with Gasteiger partial charge in [-0.2, -0.15) is 0 Å². The van der Waals surface area contributed by atoms with E-state index < -0.39 is 27.9 Å². The summed E-state index contributed by atoms with van der Waals surface area (Å²) in [6.07, 6.45) is 10.5. The van der Waals surface area contributed by atoms with Crippen molar-refractivity contribution >= 4 is 21.8 Å². The van der Waals surface area contributed by atoms with Gasteiger partial charge >= 0.3 is 0 Å². The Bertz CT molecular complexity index is 1770. The van der Waals surface area contributed by atoms with Gasteiger partial charge in [0.25, 0.3) is 11.8 Å². The summed E-state index contributed by atoms with van der Waals surface area (Å²) >= 11 is 0. The summed E-state index contributed by atoms with van der Waals surface area (Å²) in [6, 6.07) is 21.2. The molecule has 0 aliphatic rings. The molecule has 9 nitrogen and oxygen atoms in total. The normalized spacial score (nSPS) is 12.3. The lowest BCUT2D eigenvalue weighted by Gasteiger charge is -2.24. The number of ether oxygens (including phenoxy) is 1. The van der Waals surface area contributed by atoms with Crippen LogP contribution in [-0.2, 0) is 26.7 Å². The van der Waals surface area contributed by atoms with Gasteiger partial charge in [-0.1, -0.05) is 108 Å². The van der Waals surface area contributed by atoms with Gasteiger partial charge in [-0.05, 0) is 46.7 Å². The monoisotopic (exact) mass is 670 g/mol. The number of carbonyl (C=O) groups is 2. The lowest BCUT2D eigenvalue weighted by atomic mass is 9.83. The molecule has 1 aromatic heterocycles. The Morgan fingerprint density at radius 1 is 0.812 bits per heavy atom. The van der Waals surface area contributed by atoms with Crippen LogP contribution in [0.5, 0.6) is 5.75 Å². The van der Waals surface area contributed by atoms with E-state index >= 15 is 0 Å². The number of aromatic nitrogens is 2. The summed E-state index contributed by atoms with van der Waals surface area (Å²) in [5.41, 5.74) is 4.28. The molecule has 0 spiro atoms. The topological polar surface area (TPSA) is 127 Å². The van der Waals surface area contributed by atoms with Gasteiger partial charge < -0.3 is 10.1 Å². The summed E-state index contributed by atoms with van der Waals surface area (Å²) in [6.45, 7) is 8.91. The van der Waals surface area contributed by atoms with Crippen LogP contribution in [0.15, 0.2) is 85.2 Å². The molecule has 4 rings (SSSR count). The molecule has 254 valence electrons. The number of amides is 2. The van der Waals surface area contributed by atoms with Gasteiger partial charge in [-0.15, -0.1) is 0 Å². The van der Waals surface area contributed by atoms with Crippen molar-refractivity contribution in [3.63, 3.8) is 0 Å². The number of rotatable bonds is 15. The summed E-state index contributed by atoms with van der Waals surface area (Å²) in [5.74, 6) is 0.104. The van der Waals surface area contributed by atoms with E-state index in [0.29, 0.717) is 11.4 Å². The molecule has 0 saturated heterocycles. The van der Waals surface area contributed by atoms with E-state index in [1.165, 1.54) is 25.7 Å². The van der Waals surface area contributed by atoms with Crippen LogP contribution in [-0.4, -0.2) is 49.1 Å². The predicted octanol–water partition coefficient (Wildman–Crippen LogP) is 6.87. The van der Waals surface area contributed by atoms with E-state index in [9.17, 15) is 18.0 Å². The van der Waals surface area contributed by atoms with Gasteiger partial charge in [0.1, 0.15) is 11.8 Å². The van der Waals surface area contributed by atoms with Crippen molar-refractivity contribution in [1.29, 1.82) is 0 Å². The maximum Gasteiger partial charge on any atom is 0.256 e. The Balaban J connectivity index is 1.42. The lowest BCUT2D eigenvalue weighted by molar-refractivity contribution is -0.121. The average Bonchev–Trinajstić information content (AvgIpc) is 3.05. The third-order valence-electron chi connectivity index (χ3n) is 7.90. The Labute approximate surface area is 284 Å². The van der Waals surface area contributed by atoms with E-state index in [1.54, 1.807) is 24.5 Å². The smallest absolute Gasteiger partial charge is 0.256 e. The fourth-order valence-electron chi connectivity index (χ4n) is 5.33. The molecular formula is C38H46N4O5S. The van der Waals surface area contributed by atoms with Gasteiger partial charge in [0.05, 0.1) is 12.9 Å². The van der Waals surface area contributed by atoms with E-state index in [0.717, 1.165) is 52.9 Å². The summed E-state index contributed by atoms with van der Waals surface area (Å²) in [5, 5.41) is 2.76. The van der Waals surface area contributed by atoms with Crippen LogP contribution in [0.1, 0.15) is 81.3 Å². The second-order valence-electron chi connectivity index (χ2n) is 13.0. The zero-order valence-corrected chi connectivity index (χ0v) is 29.3. The van der Waals surface area contributed by atoms with Crippen LogP contribution in [0.2, 0.25) is 0 Å². The molecule has 0 aliphatic heterocycles. The van der Waals surface area contributed by atoms with Crippen LogP contribution in [0, 0.1) is 0 Å². The molecule has 0 fully saturated rings. The third kappa shape index (κ3) is 10.7. The van der Waals surface area contributed by atoms with Gasteiger partial charge in [0.15, 0.2) is 5.82 Å². The van der Waals surface area contributed by atoms with Crippen molar-refractivity contribution in [3.05, 3.63) is 102 Å². The molecule has 2 amide bonds. The zero-order chi connectivity index (χ0) is 34.7. The predicted molar refractivity (Wildman–Crippen MR) is 190 cm³/mol. The summed E-state index contributed by atoms with van der Waals surface area (Å²) in [7, 11) is -3.84. The van der Waals surface area contributed by atoms with Gasteiger partial charge in [-0.25, -0.2) is 18.4 Å². The van der Waals surface area contributed by atoms with Crippen LogP contribution in [0.25, 0.3) is 22.5 Å². The molecule has 0 aliphatic carbocycles. The minimum atomic E-state index is -3.84. The molecule has 2 N–H and O–H groups in total. The highest BCUT2D eigenvalue weighted by atomic mass is 32.2. The van der Waals surface area contributed by atoms with Gasteiger partial charge in [-0.3, -0.25) is 14.3 Å². The van der Waals surface area contributed by atoms with Crippen molar-refractivity contribution in [2.45, 2.75) is 77.7 Å². The Morgan fingerprint density at radius 2 is 1.44 bits per heavy atom. The SMILES string of the molecule is CCCCCCCOc1ccc(-c2cnc(-c3ccc(CC(NC(=O)c4ccccc4C(C)(C)C)C(=O)NS(C)(=O)=O)cc3)nc2)cc1. The first-order valence-corrected chi connectivity index (χ1v) is 18.3. The molecule has 0 radical (unpaired) electrons. The highest BCUT2D eigenvalue weighted by Crippen LogP contribution is 2.26. The standard InChI is InChI=1S/C38H46N4O5S/c1-6-7-8-9-12-23-47-31-21-19-28(20-22-31)30-25-39-35(40-26-30)29-17-15-27(16-18-29)24-34(37(44)42-48(5,45)46)41-36(43)32-13-10-11-14-33(32)38(2,3)4/h10-11,13-22,25-26,34H,6-9,12,23-24H2,1-5H3,(H,41,43)(H,42,44). The molecule has 4 aromatic rings. The fraction of sp³-hybridized carbons (Fsp3) is 0.368. The van der Waals surface area contributed by atoms with Crippen molar-refractivity contribution in [2.24, 2.45) is 0 Å². The van der Waals surface area contributed by atoms with Gasteiger partial charge in [0, 0.05) is 35.5 Å². The molecule has 0 bridgehead atoms. The van der Waals surface area contributed by atoms with Crippen LogP contribution in [0.4, 0.5) is 0 Å². The minimum Gasteiger partial charge on any atom is -0.494 e. The quantitative estimate of drug-likeness (QED) is 0.132. The first kappa shape index (κ1) is 36.3. The van der Waals surface area contributed by atoms with Crippen molar-refractivity contribution in [3.8, 4) is 28.3 Å². The second kappa shape index (κ2) is 16.5. The summed E-state index contributed by atoms with van der Waals surface area (Å²) < 4.78 is 31.6. The molecular weight excluding hydrogens is 625 g/mol. The molecule has 3 aromatic carbocycles. The highest BCUT2D eigenvalue weighted by molar-refractivity contribution is 7.89. The average molecular weight is 671 g/mol. The van der Waals surface area contributed by atoms with Crippen LogP contribution >= 0.6 is 0 Å². The van der Waals surface area contributed by atoms with Gasteiger partial charge in [0.2, 0.25) is 10.0 Å². The van der Waals surface area contributed by atoms with Crippen LogP contribution in [0.3, 0.4) is 0 Å². The third-order valence-corrected chi connectivity index (χ3v) is 8.47. The fourth-order valence-corrected chi connectivity index (χ4v) is 5.83. The number of nitrogens with zero attached hydrogens (tertiary/aromatic N) is 2. The van der Waals surface area contributed by atoms with Crippen molar-refractivity contribution in [1.82, 2.24) is 20.0 Å². The minimum absolute atomic E-state index is 0.0728.